The normalized spacial score (nSPS) is 11.6. The number of aromatic amines is 1. The zero-order chi connectivity index (χ0) is 16.6. The van der Waals surface area contributed by atoms with Gasteiger partial charge in [0.25, 0.3) is 5.91 Å². The highest BCUT2D eigenvalue weighted by atomic mass is 16.4. The number of fused-ring (bicyclic) bond motifs is 1. The van der Waals surface area contributed by atoms with Gasteiger partial charge in [-0.15, -0.1) is 0 Å². The summed E-state index contributed by atoms with van der Waals surface area (Å²) in [4.78, 5) is 24.3. The highest BCUT2D eigenvalue weighted by molar-refractivity contribution is 6.04. The molecular formula is C17H17N3O3. The molecule has 1 amide bonds. The zero-order valence-corrected chi connectivity index (χ0v) is 13.1. The van der Waals surface area contributed by atoms with Crippen LogP contribution in [0.15, 0.2) is 45.6 Å². The van der Waals surface area contributed by atoms with Gasteiger partial charge in [0.1, 0.15) is 11.1 Å². The number of nitrogens with zero attached hydrogens (tertiary/aromatic N) is 1. The van der Waals surface area contributed by atoms with E-state index in [1.807, 2.05) is 26.8 Å². The molecule has 0 radical (unpaired) electrons. The lowest BCUT2D eigenvalue weighted by Gasteiger charge is -2.14. The lowest BCUT2D eigenvalue weighted by molar-refractivity contribution is 0.102. The third kappa shape index (κ3) is 3.01. The number of H-pyrrole nitrogens is 1. The zero-order valence-electron chi connectivity index (χ0n) is 13.1. The summed E-state index contributed by atoms with van der Waals surface area (Å²) in [5.74, 6) is -0.177. The van der Waals surface area contributed by atoms with Gasteiger partial charge in [-0.05, 0) is 12.1 Å². The van der Waals surface area contributed by atoms with E-state index < -0.39 is 11.5 Å². The van der Waals surface area contributed by atoms with Gasteiger partial charge in [0.2, 0.25) is 0 Å². The maximum Gasteiger partial charge on any atom is 0.349 e. The molecule has 0 saturated carbocycles. The molecule has 0 aliphatic rings. The van der Waals surface area contributed by atoms with Crippen molar-refractivity contribution in [2.24, 2.45) is 0 Å². The fourth-order valence-electron chi connectivity index (χ4n) is 2.17. The smallest absolute Gasteiger partial charge is 0.349 e. The molecule has 6 heteroatoms. The second-order valence-corrected chi connectivity index (χ2v) is 6.36. The number of para-hydroxylation sites is 1. The van der Waals surface area contributed by atoms with E-state index in [2.05, 4.69) is 15.5 Å². The summed E-state index contributed by atoms with van der Waals surface area (Å²) in [6.45, 7) is 6.10. The molecule has 0 spiro atoms. The summed E-state index contributed by atoms with van der Waals surface area (Å²) in [6.07, 6.45) is 0. The Hall–Kier alpha value is -2.89. The molecule has 118 valence electrons. The molecule has 2 heterocycles. The highest BCUT2D eigenvalue weighted by Gasteiger charge is 2.19. The van der Waals surface area contributed by atoms with Crippen molar-refractivity contribution in [3.8, 4) is 0 Å². The number of amides is 1. The average molecular weight is 311 g/mol. The van der Waals surface area contributed by atoms with E-state index in [9.17, 15) is 9.59 Å². The van der Waals surface area contributed by atoms with Crippen molar-refractivity contribution in [3.05, 3.63) is 58.1 Å². The molecule has 0 saturated heterocycles. The Balaban J connectivity index is 1.90. The van der Waals surface area contributed by atoms with Crippen LogP contribution in [-0.2, 0) is 5.41 Å². The molecule has 2 aromatic heterocycles. The maximum absolute atomic E-state index is 12.3. The van der Waals surface area contributed by atoms with E-state index in [1.54, 1.807) is 24.3 Å². The van der Waals surface area contributed by atoms with Crippen molar-refractivity contribution < 1.29 is 9.21 Å². The van der Waals surface area contributed by atoms with Crippen molar-refractivity contribution >= 4 is 22.7 Å². The molecule has 0 unspecified atom stereocenters. The minimum atomic E-state index is -0.673. The first-order valence-electron chi connectivity index (χ1n) is 7.25. The minimum absolute atomic E-state index is 0.0518. The fourth-order valence-corrected chi connectivity index (χ4v) is 2.17. The summed E-state index contributed by atoms with van der Waals surface area (Å²) >= 11 is 0. The van der Waals surface area contributed by atoms with Crippen LogP contribution in [0.25, 0.3) is 11.0 Å². The van der Waals surface area contributed by atoms with Crippen LogP contribution < -0.4 is 10.9 Å². The summed E-state index contributed by atoms with van der Waals surface area (Å²) in [5, 5.41) is 10.2. The molecule has 1 aromatic carbocycles. The van der Waals surface area contributed by atoms with Gasteiger partial charge in [0, 0.05) is 22.6 Å². The van der Waals surface area contributed by atoms with Gasteiger partial charge in [-0.25, -0.2) is 4.79 Å². The van der Waals surface area contributed by atoms with Crippen LogP contribution in [-0.4, -0.2) is 16.1 Å². The Labute approximate surface area is 132 Å². The van der Waals surface area contributed by atoms with E-state index in [1.165, 1.54) is 6.07 Å². The van der Waals surface area contributed by atoms with Crippen molar-refractivity contribution in [1.29, 1.82) is 0 Å². The maximum atomic E-state index is 12.3. The molecule has 3 aromatic rings. The Morgan fingerprint density at radius 3 is 2.65 bits per heavy atom. The molecule has 3 rings (SSSR count). The topological polar surface area (TPSA) is 88.0 Å². The molecule has 6 nitrogen and oxygen atoms in total. The van der Waals surface area contributed by atoms with Gasteiger partial charge in [0.05, 0.1) is 0 Å². The number of rotatable bonds is 2. The van der Waals surface area contributed by atoms with Gasteiger partial charge < -0.3 is 9.73 Å². The number of nitrogens with one attached hydrogen (secondary N) is 2. The lowest BCUT2D eigenvalue weighted by atomic mass is 9.92. The van der Waals surface area contributed by atoms with Crippen LogP contribution >= 0.6 is 0 Å². The molecular weight excluding hydrogens is 294 g/mol. The van der Waals surface area contributed by atoms with Gasteiger partial charge >= 0.3 is 5.63 Å². The first-order chi connectivity index (χ1) is 10.8. The summed E-state index contributed by atoms with van der Waals surface area (Å²) < 4.78 is 5.17. The summed E-state index contributed by atoms with van der Waals surface area (Å²) in [5.41, 5.74) is 0.497. The third-order valence-electron chi connectivity index (χ3n) is 3.51. The predicted octanol–water partition coefficient (Wildman–Crippen LogP) is 3.07. The molecule has 0 atom stereocenters. The van der Waals surface area contributed by atoms with Crippen molar-refractivity contribution in [2.75, 3.05) is 5.32 Å². The number of carbonyl (C=O) groups excluding carboxylic acids is 1. The largest absolute Gasteiger partial charge is 0.422 e. The van der Waals surface area contributed by atoms with Crippen LogP contribution in [0.1, 0.15) is 36.8 Å². The summed E-state index contributed by atoms with van der Waals surface area (Å²) in [7, 11) is 0. The van der Waals surface area contributed by atoms with E-state index in [4.69, 9.17) is 4.42 Å². The number of hydrogen-bond donors (Lipinski definition) is 2. The molecule has 2 N–H and O–H groups in total. The van der Waals surface area contributed by atoms with Crippen molar-refractivity contribution in [1.82, 2.24) is 10.2 Å². The average Bonchev–Trinajstić information content (AvgIpc) is 2.95. The van der Waals surface area contributed by atoms with Crippen LogP contribution in [0.4, 0.5) is 5.82 Å². The van der Waals surface area contributed by atoms with Crippen LogP contribution in [0.2, 0.25) is 0 Å². The number of hydrogen-bond acceptors (Lipinski definition) is 4. The monoisotopic (exact) mass is 311 g/mol. The number of benzene rings is 1. The van der Waals surface area contributed by atoms with E-state index in [-0.39, 0.29) is 11.0 Å². The first-order valence-corrected chi connectivity index (χ1v) is 7.25. The number of carbonyl (C=O) groups is 1. The number of anilines is 1. The quantitative estimate of drug-likeness (QED) is 0.712. The minimum Gasteiger partial charge on any atom is -0.422 e. The van der Waals surface area contributed by atoms with Gasteiger partial charge in [-0.3, -0.25) is 9.89 Å². The van der Waals surface area contributed by atoms with Crippen LogP contribution in [0.3, 0.4) is 0 Å². The van der Waals surface area contributed by atoms with Crippen LogP contribution in [0, 0.1) is 0 Å². The standard InChI is InChI=1S/C17H17N3O3/c1-17(2,3)13-9-14(20-19-13)18-15(21)11-8-10-6-4-5-7-12(10)23-16(11)22/h4-9H,1-3H3,(H2,18,19,20,21). The number of aromatic nitrogens is 2. The lowest BCUT2D eigenvalue weighted by Crippen LogP contribution is -2.20. The predicted molar refractivity (Wildman–Crippen MR) is 87.7 cm³/mol. The van der Waals surface area contributed by atoms with Gasteiger partial charge in [0.15, 0.2) is 5.82 Å². The molecule has 0 aliphatic heterocycles. The second kappa shape index (κ2) is 5.39. The Morgan fingerprint density at radius 2 is 1.96 bits per heavy atom. The molecule has 0 fully saturated rings. The Bertz CT molecular complexity index is 932. The molecule has 0 aliphatic carbocycles. The van der Waals surface area contributed by atoms with Crippen molar-refractivity contribution in [3.63, 3.8) is 0 Å². The summed E-state index contributed by atoms with van der Waals surface area (Å²) in [6, 6.07) is 10.3. The fraction of sp³-hybridized carbons (Fsp3) is 0.235. The molecule has 0 bridgehead atoms. The van der Waals surface area contributed by atoms with Crippen molar-refractivity contribution in [2.45, 2.75) is 26.2 Å². The second-order valence-electron chi connectivity index (χ2n) is 6.36. The van der Waals surface area contributed by atoms with Crippen LogP contribution in [0.5, 0.6) is 0 Å². The Kier molecular flexibility index (Phi) is 3.52. The SMILES string of the molecule is CC(C)(C)c1cc(NC(=O)c2cc3ccccc3oc2=O)n[nH]1. The van der Waals surface area contributed by atoms with Gasteiger partial charge in [-0.2, -0.15) is 5.10 Å². The molecule has 23 heavy (non-hydrogen) atoms. The third-order valence-corrected chi connectivity index (χ3v) is 3.51. The van der Waals surface area contributed by atoms with E-state index in [0.29, 0.717) is 16.8 Å². The van der Waals surface area contributed by atoms with E-state index >= 15 is 0 Å². The highest BCUT2D eigenvalue weighted by Crippen LogP contribution is 2.22. The first kappa shape index (κ1) is 15.0. The van der Waals surface area contributed by atoms with Gasteiger partial charge in [-0.1, -0.05) is 39.0 Å². The Morgan fingerprint density at radius 1 is 1.22 bits per heavy atom. The van der Waals surface area contributed by atoms with E-state index in [0.717, 1.165) is 5.69 Å².